The summed E-state index contributed by atoms with van der Waals surface area (Å²) in [7, 11) is 0. The Kier molecular flexibility index (Phi) is 5.73. The van der Waals surface area contributed by atoms with Gasteiger partial charge in [-0.3, -0.25) is 4.79 Å². The minimum absolute atomic E-state index is 0.128. The van der Waals surface area contributed by atoms with Crippen molar-refractivity contribution < 1.29 is 14.3 Å². The normalized spacial score (nSPS) is 25.6. The molecule has 1 aromatic rings. The molecule has 7 heteroatoms. The molecule has 0 bridgehead atoms. The number of carbonyl (C=O) groups excluding carboxylic acids is 2. The van der Waals surface area contributed by atoms with Gasteiger partial charge in [-0.2, -0.15) is 11.8 Å². The summed E-state index contributed by atoms with van der Waals surface area (Å²) < 4.78 is 5.00. The molecule has 0 radical (unpaired) electrons. The third-order valence-electron chi connectivity index (χ3n) is 3.26. The lowest BCUT2D eigenvalue weighted by Gasteiger charge is -2.30. The maximum absolute atomic E-state index is 11.9. The number of esters is 1. The van der Waals surface area contributed by atoms with Crippen LogP contribution in [-0.4, -0.2) is 39.6 Å². The van der Waals surface area contributed by atoms with Gasteiger partial charge in [-0.25, -0.2) is 9.78 Å². The van der Waals surface area contributed by atoms with Crippen LogP contribution in [0, 0.1) is 0 Å². The highest BCUT2D eigenvalue weighted by Crippen LogP contribution is 2.45. The Hall–Kier alpha value is -0.530. The van der Waals surface area contributed by atoms with Crippen LogP contribution in [0.3, 0.4) is 0 Å². The highest BCUT2D eigenvalue weighted by molar-refractivity contribution is 8.07. The van der Waals surface area contributed by atoms with Crippen molar-refractivity contribution in [3.05, 3.63) is 15.6 Å². The molecule has 0 spiro atoms. The average Bonchev–Trinajstić information content (AvgIpc) is 2.87. The zero-order valence-electron chi connectivity index (χ0n) is 12.5. The van der Waals surface area contributed by atoms with Gasteiger partial charge in [0.2, 0.25) is 0 Å². The Labute approximate surface area is 137 Å². The first-order valence-corrected chi connectivity index (χ1v) is 9.70. The van der Waals surface area contributed by atoms with Crippen molar-refractivity contribution in [1.29, 1.82) is 0 Å². The highest BCUT2D eigenvalue weighted by atomic mass is 32.2. The summed E-state index contributed by atoms with van der Waals surface area (Å²) in [4.78, 5) is 28.5. The van der Waals surface area contributed by atoms with Gasteiger partial charge in [-0.1, -0.05) is 13.8 Å². The van der Waals surface area contributed by atoms with Crippen LogP contribution in [0.1, 0.15) is 58.1 Å². The van der Waals surface area contributed by atoms with Crippen LogP contribution >= 0.6 is 34.9 Å². The summed E-state index contributed by atoms with van der Waals surface area (Å²) in [5.41, 5.74) is 0.182. The second-order valence-electron chi connectivity index (χ2n) is 4.87. The molecule has 0 amide bonds. The van der Waals surface area contributed by atoms with Crippen molar-refractivity contribution in [2.45, 2.75) is 43.4 Å². The lowest BCUT2D eigenvalue weighted by atomic mass is 10.3. The number of ether oxygens (including phenoxy) is 1. The van der Waals surface area contributed by atoms with Gasteiger partial charge in [0, 0.05) is 23.2 Å². The average molecular weight is 346 g/mol. The molecule has 116 valence electrons. The molecular formula is C14H19NO3S3. The summed E-state index contributed by atoms with van der Waals surface area (Å²) in [6.45, 7) is 7.93. The Balaban J connectivity index is 2.27. The fourth-order valence-corrected chi connectivity index (χ4v) is 6.10. The molecule has 0 saturated carbocycles. The molecular weight excluding hydrogens is 326 g/mol. The quantitative estimate of drug-likeness (QED) is 0.611. The molecule has 1 fully saturated rings. The molecule has 1 aliphatic rings. The van der Waals surface area contributed by atoms with Gasteiger partial charge in [0.15, 0.2) is 11.5 Å². The SMILES string of the molecule is CCOC(=O)c1nc(C2CSC(C)C(C)S2)sc1C(C)=O. The van der Waals surface area contributed by atoms with Crippen molar-refractivity contribution in [2.75, 3.05) is 12.4 Å². The van der Waals surface area contributed by atoms with Gasteiger partial charge >= 0.3 is 5.97 Å². The Bertz CT molecular complexity index is 544. The van der Waals surface area contributed by atoms with E-state index in [2.05, 4.69) is 18.8 Å². The molecule has 4 nitrogen and oxygen atoms in total. The predicted octanol–water partition coefficient (Wildman–Crippen LogP) is 3.82. The lowest BCUT2D eigenvalue weighted by Crippen LogP contribution is -2.21. The number of hydrogen-bond donors (Lipinski definition) is 0. The Morgan fingerprint density at radius 1 is 1.33 bits per heavy atom. The fraction of sp³-hybridized carbons (Fsp3) is 0.643. The standard InChI is InChI=1S/C14H19NO3S3/c1-5-18-14(17)11-12(7(2)16)21-13(15-11)10-6-19-8(3)9(4)20-10/h8-10H,5-6H2,1-4H3. The third-order valence-corrected chi connectivity index (χ3v) is 8.08. The van der Waals surface area contributed by atoms with Gasteiger partial charge in [0.05, 0.1) is 11.9 Å². The number of hydrogen-bond acceptors (Lipinski definition) is 7. The fourth-order valence-electron chi connectivity index (χ4n) is 1.96. The Morgan fingerprint density at radius 2 is 2.05 bits per heavy atom. The first kappa shape index (κ1) is 16.8. The van der Waals surface area contributed by atoms with E-state index in [1.165, 1.54) is 18.3 Å². The van der Waals surface area contributed by atoms with Gasteiger partial charge in [0.25, 0.3) is 0 Å². The van der Waals surface area contributed by atoms with E-state index in [9.17, 15) is 9.59 Å². The van der Waals surface area contributed by atoms with Crippen LogP contribution in [0.2, 0.25) is 0 Å². The zero-order chi connectivity index (χ0) is 15.6. The van der Waals surface area contributed by atoms with Gasteiger partial charge in [0.1, 0.15) is 9.88 Å². The molecule has 0 aliphatic carbocycles. The van der Waals surface area contributed by atoms with Crippen molar-refractivity contribution >= 4 is 46.6 Å². The smallest absolute Gasteiger partial charge is 0.358 e. The van der Waals surface area contributed by atoms with Crippen molar-refractivity contribution in [3.8, 4) is 0 Å². The summed E-state index contributed by atoms with van der Waals surface area (Å²) in [5.74, 6) is 0.334. The summed E-state index contributed by atoms with van der Waals surface area (Å²) in [5, 5.41) is 2.25. The maximum Gasteiger partial charge on any atom is 0.358 e. The molecule has 3 atom stereocenters. The first-order chi connectivity index (χ1) is 9.93. The van der Waals surface area contributed by atoms with Crippen LogP contribution in [-0.2, 0) is 4.74 Å². The molecule has 1 saturated heterocycles. The topological polar surface area (TPSA) is 56.3 Å². The van der Waals surface area contributed by atoms with Crippen LogP contribution < -0.4 is 0 Å². The summed E-state index contributed by atoms with van der Waals surface area (Å²) in [6, 6.07) is 0. The van der Waals surface area contributed by atoms with Crippen LogP contribution in [0.4, 0.5) is 0 Å². The van der Waals surface area contributed by atoms with E-state index in [4.69, 9.17) is 4.74 Å². The van der Waals surface area contributed by atoms with E-state index in [-0.39, 0.29) is 23.3 Å². The third kappa shape index (κ3) is 3.81. The largest absolute Gasteiger partial charge is 0.461 e. The van der Waals surface area contributed by atoms with Crippen LogP contribution in [0.25, 0.3) is 0 Å². The molecule has 1 aromatic heterocycles. The molecule has 2 heterocycles. The number of thiazole rings is 1. The molecule has 0 N–H and O–H groups in total. The second-order valence-corrected chi connectivity index (χ2v) is 8.90. The molecule has 3 unspecified atom stereocenters. The van der Waals surface area contributed by atoms with Crippen molar-refractivity contribution in [3.63, 3.8) is 0 Å². The van der Waals surface area contributed by atoms with Crippen LogP contribution in [0.5, 0.6) is 0 Å². The number of thioether (sulfide) groups is 2. The van der Waals surface area contributed by atoms with E-state index in [1.54, 1.807) is 6.92 Å². The van der Waals surface area contributed by atoms with Gasteiger partial charge < -0.3 is 4.74 Å². The summed E-state index contributed by atoms with van der Waals surface area (Å²) >= 11 is 5.12. The minimum Gasteiger partial charge on any atom is -0.461 e. The predicted molar refractivity (Wildman–Crippen MR) is 89.8 cm³/mol. The molecule has 21 heavy (non-hydrogen) atoms. The van der Waals surface area contributed by atoms with Gasteiger partial charge in [-0.15, -0.1) is 23.1 Å². The van der Waals surface area contributed by atoms with E-state index in [1.807, 2.05) is 23.5 Å². The second kappa shape index (κ2) is 7.15. The number of aromatic nitrogens is 1. The number of Topliss-reactive ketones (excluding diaryl/α,β-unsaturated/α-hetero) is 1. The molecule has 2 rings (SSSR count). The molecule has 0 aromatic carbocycles. The lowest BCUT2D eigenvalue weighted by molar-refractivity contribution is 0.0517. The first-order valence-electron chi connectivity index (χ1n) is 6.89. The van der Waals surface area contributed by atoms with Crippen LogP contribution in [0.15, 0.2) is 0 Å². The number of ketones is 1. The monoisotopic (exact) mass is 345 g/mol. The van der Waals surface area contributed by atoms with E-state index < -0.39 is 5.97 Å². The van der Waals surface area contributed by atoms with Crippen molar-refractivity contribution in [1.82, 2.24) is 4.98 Å². The number of carbonyl (C=O) groups is 2. The van der Waals surface area contributed by atoms with E-state index >= 15 is 0 Å². The maximum atomic E-state index is 11.9. The van der Waals surface area contributed by atoms with E-state index in [0.717, 1.165) is 10.8 Å². The van der Waals surface area contributed by atoms with Crippen molar-refractivity contribution in [2.24, 2.45) is 0 Å². The summed E-state index contributed by atoms with van der Waals surface area (Å²) in [6.07, 6.45) is 0. The van der Waals surface area contributed by atoms with E-state index in [0.29, 0.717) is 15.4 Å². The minimum atomic E-state index is -0.500. The highest BCUT2D eigenvalue weighted by Gasteiger charge is 2.31. The zero-order valence-corrected chi connectivity index (χ0v) is 15.0. The number of nitrogens with zero attached hydrogens (tertiary/aromatic N) is 1. The molecule has 1 aliphatic heterocycles. The van der Waals surface area contributed by atoms with Gasteiger partial charge in [-0.05, 0) is 6.92 Å². The Morgan fingerprint density at radius 3 is 2.62 bits per heavy atom. The number of rotatable bonds is 4.